The van der Waals surface area contributed by atoms with E-state index in [2.05, 4.69) is 17.3 Å². The number of rotatable bonds is 3. The van der Waals surface area contributed by atoms with E-state index in [1.165, 1.54) is 4.70 Å². The molecular formula is C13H12ClNS. The third kappa shape index (κ3) is 2.22. The fourth-order valence-electron chi connectivity index (χ4n) is 1.48. The van der Waals surface area contributed by atoms with Gasteiger partial charge in [0.15, 0.2) is 0 Å². The molecule has 0 saturated carbocycles. The molecule has 0 radical (unpaired) electrons. The van der Waals surface area contributed by atoms with Crippen molar-refractivity contribution in [1.82, 2.24) is 5.32 Å². The molecule has 1 nitrogen and oxygen atoms in total. The fourth-order valence-corrected chi connectivity index (χ4v) is 2.93. The van der Waals surface area contributed by atoms with Gasteiger partial charge in [-0.3, -0.25) is 5.32 Å². The molecule has 16 heavy (non-hydrogen) atoms. The lowest BCUT2D eigenvalue weighted by Gasteiger charge is -2.05. The van der Waals surface area contributed by atoms with E-state index in [1.54, 1.807) is 11.3 Å². The number of fused-ring (bicyclic) bond motifs is 1. The molecular weight excluding hydrogens is 238 g/mol. The summed E-state index contributed by atoms with van der Waals surface area (Å²) in [5, 5.41) is 5.21. The van der Waals surface area contributed by atoms with Gasteiger partial charge in [0, 0.05) is 21.5 Å². The van der Waals surface area contributed by atoms with Crippen LogP contribution >= 0.6 is 22.9 Å². The summed E-state index contributed by atoms with van der Waals surface area (Å²) >= 11 is 8.02. The Hall–Kier alpha value is -1.01. The Bertz CT molecular complexity index is 538. The van der Waals surface area contributed by atoms with Crippen molar-refractivity contribution < 1.29 is 0 Å². The Labute approximate surface area is 104 Å². The van der Waals surface area contributed by atoms with Crippen LogP contribution in [0.25, 0.3) is 10.1 Å². The maximum atomic E-state index is 6.30. The van der Waals surface area contributed by atoms with Crippen LogP contribution in [0.2, 0.25) is 5.02 Å². The second-order valence-corrected chi connectivity index (χ2v) is 5.12. The molecule has 2 rings (SSSR count). The number of hydrogen-bond donors (Lipinski definition) is 1. The second kappa shape index (κ2) is 4.88. The first-order chi connectivity index (χ1) is 7.72. The number of halogens is 1. The van der Waals surface area contributed by atoms with E-state index in [0.717, 1.165) is 21.8 Å². The third-order valence-electron chi connectivity index (χ3n) is 2.42. The maximum absolute atomic E-state index is 6.30. The van der Waals surface area contributed by atoms with Crippen molar-refractivity contribution in [1.29, 1.82) is 0 Å². The molecule has 0 fully saturated rings. The molecule has 0 bridgehead atoms. The SMILES string of the molecule is C#CC(C)NCc1sc2ccccc2c1Cl. The van der Waals surface area contributed by atoms with Crippen molar-refractivity contribution in [3.8, 4) is 12.3 Å². The summed E-state index contributed by atoms with van der Waals surface area (Å²) in [6.07, 6.45) is 5.31. The van der Waals surface area contributed by atoms with Crippen molar-refractivity contribution in [3.63, 3.8) is 0 Å². The zero-order chi connectivity index (χ0) is 11.5. The van der Waals surface area contributed by atoms with E-state index >= 15 is 0 Å². The van der Waals surface area contributed by atoms with E-state index in [9.17, 15) is 0 Å². The smallest absolute Gasteiger partial charge is 0.0661 e. The Morgan fingerprint density at radius 2 is 2.25 bits per heavy atom. The Morgan fingerprint density at radius 1 is 1.50 bits per heavy atom. The van der Waals surface area contributed by atoms with Gasteiger partial charge in [-0.1, -0.05) is 35.7 Å². The molecule has 0 aliphatic rings. The van der Waals surface area contributed by atoms with Crippen molar-refractivity contribution in [2.45, 2.75) is 19.5 Å². The molecule has 1 aromatic carbocycles. The van der Waals surface area contributed by atoms with E-state index in [1.807, 2.05) is 25.1 Å². The standard InChI is InChI=1S/C13H12ClNS/c1-3-9(2)15-8-12-13(14)10-6-4-5-7-11(10)16-12/h1,4-7,9,15H,8H2,2H3. The Balaban J connectivity index is 2.25. The molecule has 1 heterocycles. The van der Waals surface area contributed by atoms with Crippen LogP contribution in [0.5, 0.6) is 0 Å². The van der Waals surface area contributed by atoms with Gasteiger partial charge in [0.05, 0.1) is 11.1 Å². The summed E-state index contributed by atoms with van der Waals surface area (Å²) in [4.78, 5) is 1.14. The minimum Gasteiger partial charge on any atom is -0.299 e. The minimum atomic E-state index is 0.0706. The van der Waals surface area contributed by atoms with Gasteiger partial charge in [0.2, 0.25) is 0 Å². The van der Waals surface area contributed by atoms with Gasteiger partial charge in [-0.15, -0.1) is 17.8 Å². The maximum Gasteiger partial charge on any atom is 0.0661 e. The van der Waals surface area contributed by atoms with Crippen LogP contribution in [0, 0.1) is 12.3 Å². The van der Waals surface area contributed by atoms with Crippen LogP contribution in [0.3, 0.4) is 0 Å². The summed E-state index contributed by atoms with van der Waals surface area (Å²) in [5.41, 5.74) is 0. The van der Waals surface area contributed by atoms with Crippen molar-refractivity contribution in [2.75, 3.05) is 0 Å². The molecule has 0 aliphatic carbocycles. The highest BCUT2D eigenvalue weighted by molar-refractivity contribution is 7.19. The molecule has 0 spiro atoms. The second-order valence-electron chi connectivity index (χ2n) is 3.60. The van der Waals surface area contributed by atoms with Crippen LogP contribution in [-0.2, 0) is 6.54 Å². The van der Waals surface area contributed by atoms with Gasteiger partial charge in [0.1, 0.15) is 0 Å². The van der Waals surface area contributed by atoms with E-state index < -0.39 is 0 Å². The highest BCUT2D eigenvalue weighted by atomic mass is 35.5. The van der Waals surface area contributed by atoms with Crippen LogP contribution in [-0.4, -0.2) is 6.04 Å². The summed E-state index contributed by atoms with van der Waals surface area (Å²) in [6, 6.07) is 8.22. The number of terminal acetylenes is 1. The van der Waals surface area contributed by atoms with Gasteiger partial charge < -0.3 is 0 Å². The topological polar surface area (TPSA) is 12.0 Å². The molecule has 1 unspecified atom stereocenters. The summed E-state index contributed by atoms with van der Waals surface area (Å²) < 4.78 is 1.22. The Morgan fingerprint density at radius 3 is 2.94 bits per heavy atom. The largest absolute Gasteiger partial charge is 0.299 e. The molecule has 0 amide bonds. The predicted octanol–water partition coefficient (Wildman–Crippen LogP) is 3.67. The summed E-state index contributed by atoms with van der Waals surface area (Å²) in [5.74, 6) is 2.64. The molecule has 0 saturated heterocycles. The van der Waals surface area contributed by atoms with Gasteiger partial charge in [0.25, 0.3) is 0 Å². The van der Waals surface area contributed by atoms with Crippen LogP contribution in [0.1, 0.15) is 11.8 Å². The average molecular weight is 250 g/mol. The molecule has 2 aromatic rings. The lowest BCUT2D eigenvalue weighted by Crippen LogP contribution is -2.23. The van der Waals surface area contributed by atoms with E-state index in [4.69, 9.17) is 18.0 Å². The molecule has 1 N–H and O–H groups in total. The number of hydrogen-bond acceptors (Lipinski definition) is 2. The first-order valence-electron chi connectivity index (χ1n) is 5.08. The molecule has 1 atom stereocenters. The van der Waals surface area contributed by atoms with Gasteiger partial charge >= 0.3 is 0 Å². The lowest BCUT2D eigenvalue weighted by molar-refractivity contribution is 0.654. The highest BCUT2D eigenvalue weighted by Crippen LogP contribution is 2.34. The number of thiophene rings is 1. The normalized spacial score (nSPS) is 12.6. The van der Waals surface area contributed by atoms with Crippen LogP contribution in [0.4, 0.5) is 0 Å². The van der Waals surface area contributed by atoms with Crippen molar-refractivity contribution >= 4 is 33.0 Å². The molecule has 3 heteroatoms. The van der Waals surface area contributed by atoms with Crippen molar-refractivity contribution in [2.24, 2.45) is 0 Å². The average Bonchev–Trinajstić information content (AvgIpc) is 2.64. The minimum absolute atomic E-state index is 0.0706. The predicted molar refractivity (Wildman–Crippen MR) is 72.0 cm³/mol. The summed E-state index contributed by atoms with van der Waals surface area (Å²) in [6.45, 7) is 2.69. The molecule has 1 aromatic heterocycles. The van der Waals surface area contributed by atoms with Gasteiger partial charge in [-0.25, -0.2) is 0 Å². The van der Waals surface area contributed by atoms with Crippen LogP contribution in [0.15, 0.2) is 24.3 Å². The van der Waals surface area contributed by atoms with E-state index in [-0.39, 0.29) is 6.04 Å². The third-order valence-corrected chi connectivity index (χ3v) is 4.13. The number of benzene rings is 1. The monoisotopic (exact) mass is 249 g/mol. The van der Waals surface area contributed by atoms with E-state index in [0.29, 0.717) is 0 Å². The zero-order valence-corrected chi connectivity index (χ0v) is 10.5. The van der Waals surface area contributed by atoms with Crippen molar-refractivity contribution in [3.05, 3.63) is 34.2 Å². The van der Waals surface area contributed by atoms with Crippen LogP contribution < -0.4 is 5.32 Å². The first kappa shape index (κ1) is 11.5. The zero-order valence-electron chi connectivity index (χ0n) is 8.96. The number of nitrogens with one attached hydrogen (secondary N) is 1. The van der Waals surface area contributed by atoms with Gasteiger partial charge in [-0.2, -0.15) is 0 Å². The highest BCUT2D eigenvalue weighted by Gasteiger charge is 2.09. The fraction of sp³-hybridized carbons (Fsp3) is 0.231. The summed E-state index contributed by atoms with van der Waals surface area (Å²) in [7, 11) is 0. The molecule has 0 aliphatic heterocycles. The Kier molecular flexibility index (Phi) is 3.50. The molecule has 82 valence electrons. The van der Waals surface area contributed by atoms with Gasteiger partial charge in [-0.05, 0) is 13.0 Å². The quantitative estimate of drug-likeness (QED) is 0.819. The lowest BCUT2D eigenvalue weighted by atomic mass is 10.2. The first-order valence-corrected chi connectivity index (χ1v) is 6.27.